The monoisotopic (exact) mass is 414 g/mol. The summed E-state index contributed by atoms with van der Waals surface area (Å²) in [5.74, 6) is 0. The van der Waals surface area contributed by atoms with Crippen molar-refractivity contribution in [1.29, 1.82) is 0 Å². The zero-order chi connectivity index (χ0) is 6.78. The molecule has 0 N–H and O–H groups in total. The molecule has 0 saturated carbocycles. The molecule has 0 bridgehead atoms. The third-order valence-electron chi connectivity index (χ3n) is 1.17. The summed E-state index contributed by atoms with van der Waals surface area (Å²) in [5.41, 5.74) is 0. The van der Waals surface area contributed by atoms with Gasteiger partial charge in [0, 0.05) is 0 Å². The second-order valence-electron chi connectivity index (χ2n) is 1.85. The van der Waals surface area contributed by atoms with E-state index in [4.69, 9.17) is 0 Å². The molecule has 0 aliphatic heterocycles. The average Bonchev–Trinajstić information content (AvgIpc) is 1.62. The first kappa shape index (κ1) is 10.2. The van der Waals surface area contributed by atoms with Gasteiger partial charge in [0.05, 0.1) is 0 Å². The van der Waals surface area contributed by atoms with E-state index in [0.717, 1.165) is 3.93 Å². The van der Waals surface area contributed by atoms with Crippen molar-refractivity contribution < 1.29 is 0 Å². The zero-order valence-corrected chi connectivity index (χ0v) is 12.5. The SMILES string of the molecule is CC[CH](C)[Sn]([Br])([Br])[Br]. The molecule has 1 unspecified atom stereocenters. The van der Waals surface area contributed by atoms with Crippen LogP contribution in [0.25, 0.3) is 0 Å². The normalized spacial score (nSPS) is 16.1. The van der Waals surface area contributed by atoms with Gasteiger partial charge in [-0.1, -0.05) is 0 Å². The molecule has 0 spiro atoms. The molecule has 0 radical (unpaired) electrons. The molecule has 50 valence electrons. The number of hydrogen-bond acceptors (Lipinski definition) is 0. The van der Waals surface area contributed by atoms with Crippen LogP contribution in [0.4, 0.5) is 0 Å². The first-order valence-corrected chi connectivity index (χ1v) is 23.4. The predicted octanol–water partition coefficient (Wildman–Crippen LogP) is 3.91. The summed E-state index contributed by atoms with van der Waals surface area (Å²) >= 11 is 8.97. The Morgan fingerprint density at radius 3 is 1.75 bits per heavy atom. The number of rotatable bonds is 2. The second kappa shape index (κ2) is 4.19. The van der Waals surface area contributed by atoms with Crippen LogP contribution in [0.15, 0.2) is 0 Å². The Balaban J connectivity index is 3.62. The Kier molecular flexibility index (Phi) is 5.36. The first-order valence-electron chi connectivity index (χ1n) is 2.55. The van der Waals surface area contributed by atoms with E-state index < -0.39 is 11.7 Å². The van der Waals surface area contributed by atoms with Crippen LogP contribution in [0, 0.1) is 0 Å². The van der Waals surface area contributed by atoms with Crippen molar-refractivity contribution in [2.75, 3.05) is 0 Å². The fraction of sp³-hybridized carbons (Fsp3) is 1.00. The van der Waals surface area contributed by atoms with Crippen molar-refractivity contribution in [2.24, 2.45) is 0 Å². The van der Waals surface area contributed by atoms with E-state index in [9.17, 15) is 0 Å². The van der Waals surface area contributed by atoms with E-state index in [1.54, 1.807) is 0 Å². The maximum atomic E-state index is 3.65. The standard InChI is InChI=1S/C4H9.3BrH.Sn/c1-3-4-2;;;;/h3H,4H2,1-2H3;3*1H;/q;;;;+3/p-3. The van der Waals surface area contributed by atoms with Gasteiger partial charge in [0.25, 0.3) is 0 Å². The molecule has 0 nitrogen and oxygen atoms in total. The summed E-state index contributed by atoms with van der Waals surface area (Å²) in [7, 11) is 0. The van der Waals surface area contributed by atoms with Crippen LogP contribution in [-0.4, -0.2) is 11.7 Å². The number of halogens is 3. The molecule has 8 heavy (non-hydrogen) atoms. The average molecular weight is 416 g/mol. The van der Waals surface area contributed by atoms with Crippen molar-refractivity contribution in [3.63, 3.8) is 0 Å². The predicted molar refractivity (Wildman–Crippen MR) is 52.3 cm³/mol. The summed E-state index contributed by atoms with van der Waals surface area (Å²) < 4.78 is 0.810. The molecule has 0 rings (SSSR count). The minimum atomic E-state index is -1.97. The van der Waals surface area contributed by atoms with Gasteiger partial charge < -0.3 is 0 Å². The van der Waals surface area contributed by atoms with Gasteiger partial charge in [0.15, 0.2) is 0 Å². The van der Waals surface area contributed by atoms with Gasteiger partial charge >= 0.3 is 74.0 Å². The Morgan fingerprint density at radius 1 is 1.38 bits per heavy atom. The fourth-order valence-electron chi connectivity index (χ4n) is 0.231. The molecule has 0 heterocycles. The topological polar surface area (TPSA) is 0 Å². The van der Waals surface area contributed by atoms with Crippen molar-refractivity contribution in [2.45, 2.75) is 24.2 Å². The molecule has 0 aromatic rings. The molecule has 1 atom stereocenters. The molecule has 0 saturated heterocycles. The Hall–Kier alpha value is 2.24. The van der Waals surface area contributed by atoms with E-state index in [0.29, 0.717) is 0 Å². The molecule has 0 aromatic heterocycles. The number of hydrogen-bond donors (Lipinski definition) is 0. The molecular formula is C4H9Br3Sn. The Morgan fingerprint density at radius 2 is 1.75 bits per heavy atom. The summed E-state index contributed by atoms with van der Waals surface area (Å²) in [5, 5.41) is 0. The molecule has 0 aliphatic carbocycles. The third-order valence-corrected chi connectivity index (χ3v) is 21.3. The minimum absolute atomic E-state index is 0.810. The summed E-state index contributed by atoms with van der Waals surface area (Å²) in [6, 6.07) is 0. The van der Waals surface area contributed by atoms with Crippen molar-refractivity contribution >= 4 is 49.8 Å². The van der Waals surface area contributed by atoms with Crippen LogP contribution in [0.1, 0.15) is 20.3 Å². The Bertz CT molecular complexity index is 68.2. The molecule has 0 aromatic carbocycles. The first-order chi connectivity index (χ1) is 3.48. The molecule has 0 aliphatic rings. The van der Waals surface area contributed by atoms with Crippen LogP contribution >= 0.6 is 38.1 Å². The van der Waals surface area contributed by atoms with Gasteiger partial charge in [-0.25, -0.2) is 0 Å². The molecule has 4 heteroatoms. The van der Waals surface area contributed by atoms with Crippen molar-refractivity contribution in [3.05, 3.63) is 0 Å². The van der Waals surface area contributed by atoms with Gasteiger partial charge in [-0.05, 0) is 0 Å². The van der Waals surface area contributed by atoms with Crippen molar-refractivity contribution in [1.82, 2.24) is 0 Å². The van der Waals surface area contributed by atoms with Gasteiger partial charge in [-0.15, -0.1) is 0 Å². The molecular weight excluding hydrogens is 406 g/mol. The molecule has 0 fully saturated rings. The van der Waals surface area contributed by atoms with E-state index in [1.807, 2.05) is 0 Å². The summed E-state index contributed by atoms with van der Waals surface area (Å²) in [4.78, 5) is 0. The van der Waals surface area contributed by atoms with Crippen LogP contribution in [-0.2, 0) is 0 Å². The van der Waals surface area contributed by atoms with E-state index in [-0.39, 0.29) is 0 Å². The second-order valence-corrected chi connectivity index (χ2v) is 54.3. The van der Waals surface area contributed by atoms with E-state index in [1.165, 1.54) is 6.42 Å². The van der Waals surface area contributed by atoms with Gasteiger partial charge in [-0.3, -0.25) is 0 Å². The van der Waals surface area contributed by atoms with E-state index in [2.05, 4.69) is 52.0 Å². The van der Waals surface area contributed by atoms with Crippen LogP contribution in [0.2, 0.25) is 3.93 Å². The quantitative estimate of drug-likeness (QED) is 0.600. The zero-order valence-electron chi connectivity index (χ0n) is 4.92. The molecule has 0 amide bonds. The van der Waals surface area contributed by atoms with E-state index >= 15 is 0 Å². The summed E-state index contributed by atoms with van der Waals surface area (Å²) in [6.45, 7) is 4.47. The summed E-state index contributed by atoms with van der Waals surface area (Å²) in [6.07, 6.45) is 1.25. The van der Waals surface area contributed by atoms with Crippen LogP contribution < -0.4 is 0 Å². The van der Waals surface area contributed by atoms with Gasteiger partial charge in [0.1, 0.15) is 0 Å². The van der Waals surface area contributed by atoms with Crippen LogP contribution in [0.3, 0.4) is 0 Å². The van der Waals surface area contributed by atoms with Gasteiger partial charge in [0.2, 0.25) is 0 Å². The van der Waals surface area contributed by atoms with Crippen molar-refractivity contribution in [3.8, 4) is 0 Å². The van der Waals surface area contributed by atoms with Crippen LogP contribution in [0.5, 0.6) is 0 Å². The fourth-order valence-corrected chi connectivity index (χ4v) is 8.07. The third kappa shape index (κ3) is 4.12. The maximum absolute atomic E-state index is 3.65. The Labute approximate surface area is 72.9 Å². The van der Waals surface area contributed by atoms with Gasteiger partial charge in [-0.2, -0.15) is 0 Å².